The van der Waals surface area contributed by atoms with Gasteiger partial charge < -0.3 is 9.80 Å². The van der Waals surface area contributed by atoms with Gasteiger partial charge in [-0.25, -0.2) is 0 Å². The Morgan fingerprint density at radius 3 is 2.58 bits per heavy atom. The summed E-state index contributed by atoms with van der Waals surface area (Å²) in [5.41, 5.74) is 1.38. The van der Waals surface area contributed by atoms with Crippen molar-refractivity contribution >= 4 is 34.5 Å². The molecule has 0 saturated heterocycles. The third-order valence-corrected chi connectivity index (χ3v) is 5.13. The van der Waals surface area contributed by atoms with Crippen molar-refractivity contribution in [2.75, 3.05) is 27.2 Å². The molecule has 1 aliphatic rings. The van der Waals surface area contributed by atoms with E-state index < -0.39 is 17.5 Å². The highest BCUT2D eigenvalue weighted by Crippen LogP contribution is 2.36. The topological polar surface area (TPSA) is 40.6 Å². The average molecular weight is 381 g/mol. The lowest BCUT2D eigenvalue weighted by Crippen LogP contribution is -2.42. The van der Waals surface area contributed by atoms with Crippen LogP contribution in [-0.4, -0.2) is 54.3 Å². The van der Waals surface area contributed by atoms with Crippen molar-refractivity contribution in [3.8, 4) is 0 Å². The maximum Gasteiger partial charge on any atom is 0.471 e. The first-order chi connectivity index (χ1) is 11.1. The molecule has 0 aromatic heterocycles. The Morgan fingerprint density at radius 2 is 2.00 bits per heavy atom. The second kappa shape index (κ2) is 7.23. The van der Waals surface area contributed by atoms with Crippen LogP contribution in [0.25, 0.3) is 0 Å². The van der Waals surface area contributed by atoms with E-state index in [1.807, 2.05) is 0 Å². The van der Waals surface area contributed by atoms with Crippen LogP contribution in [0.3, 0.4) is 0 Å². The van der Waals surface area contributed by atoms with Crippen molar-refractivity contribution in [2.24, 2.45) is 0 Å². The molecule has 0 aliphatic carbocycles. The normalized spacial score (nSPS) is 17.9. The zero-order valence-corrected chi connectivity index (χ0v) is 14.6. The van der Waals surface area contributed by atoms with Gasteiger partial charge in [-0.05, 0) is 35.4 Å². The Morgan fingerprint density at radius 1 is 1.33 bits per heavy atom. The highest BCUT2D eigenvalue weighted by Gasteiger charge is 2.43. The molecule has 0 N–H and O–H groups in total. The molecule has 1 aromatic rings. The molecule has 1 heterocycles. The quantitative estimate of drug-likeness (QED) is 0.551. The number of alkyl halides is 4. The predicted molar refractivity (Wildman–Crippen MR) is 86.3 cm³/mol. The van der Waals surface area contributed by atoms with E-state index in [0.29, 0.717) is 10.5 Å². The summed E-state index contributed by atoms with van der Waals surface area (Å²) in [5.74, 6) is -1.89. The van der Waals surface area contributed by atoms with Crippen molar-refractivity contribution in [3.63, 3.8) is 0 Å². The zero-order chi connectivity index (χ0) is 18.1. The first-order valence-electron chi connectivity index (χ1n) is 7.12. The number of halogens is 4. The van der Waals surface area contributed by atoms with E-state index in [1.54, 1.807) is 32.3 Å². The minimum atomic E-state index is -4.92. The number of rotatable bonds is 1. The van der Waals surface area contributed by atoms with Gasteiger partial charge in [-0.3, -0.25) is 9.59 Å². The van der Waals surface area contributed by atoms with Crippen molar-refractivity contribution in [2.45, 2.75) is 22.9 Å². The fourth-order valence-electron chi connectivity index (χ4n) is 2.42. The van der Waals surface area contributed by atoms with E-state index in [0.717, 1.165) is 22.2 Å². The summed E-state index contributed by atoms with van der Waals surface area (Å²) in [6, 6.07) is 5.16. The van der Waals surface area contributed by atoms with Crippen molar-refractivity contribution < 1.29 is 22.8 Å². The lowest BCUT2D eigenvalue weighted by molar-refractivity contribution is -0.185. The SMILES string of the molecule is CN(C)C(=O)Sc1cccc2c1CCN(C(=O)C(F)(F)F)CC2Cl. The van der Waals surface area contributed by atoms with Crippen LogP contribution in [0, 0.1) is 0 Å². The second-order valence-electron chi connectivity index (χ2n) is 5.55. The molecule has 2 amide bonds. The number of amides is 2. The van der Waals surface area contributed by atoms with Gasteiger partial charge in [-0.15, -0.1) is 11.6 Å². The zero-order valence-electron chi connectivity index (χ0n) is 13.1. The number of benzene rings is 1. The van der Waals surface area contributed by atoms with Crippen LogP contribution < -0.4 is 0 Å². The van der Waals surface area contributed by atoms with Gasteiger partial charge in [0, 0.05) is 32.1 Å². The molecule has 0 radical (unpaired) electrons. The summed E-state index contributed by atoms with van der Waals surface area (Å²) in [6.45, 7) is -0.315. The number of hydrogen-bond donors (Lipinski definition) is 0. The lowest BCUT2D eigenvalue weighted by Gasteiger charge is -2.23. The Balaban J connectivity index is 2.29. The predicted octanol–water partition coefficient (Wildman–Crippen LogP) is 3.69. The van der Waals surface area contributed by atoms with E-state index in [1.165, 1.54) is 4.90 Å². The molecule has 9 heteroatoms. The van der Waals surface area contributed by atoms with Gasteiger partial charge in [0.1, 0.15) is 0 Å². The van der Waals surface area contributed by atoms with Crippen LogP contribution >= 0.6 is 23.4 Å². The monoisotopic (exact) mass is 380 g/mol. The first kappa shape index (κ1) is 18.9. The highest BCUT2D eigenvalue weighted by molar-refractivity contribution is 8.13. The summed E-state index contributed by atoms with van der Waals surface area (Å²) >= 11 is 7.24. The van der Waals surface area contributed by atoms with Gasteiger partial charge in [0.05, 0.1) is 5.38 Å². The van der Waals surface area contributed by atoms with Crippen LogP contribution in [0.2, 0.25) is 0 Å². The smallest absolute Gasteiger partial charge is 0.339 e. The van der Waals surface area contributed by atoms with Crippen LogP contribution in [-0.2, 0) is 11.2 Å². The summed E-state index contributed by atoms with van der Waals surface area (Å²) < 4.78 is 38.0. The largest absolute Gasteiger partial charge is 0.471 e. The number of carbonyl (C=O) groups is 2. The fraction of sp³-hybridized carbons (Fsp3) is 0.467. The van der Waals surface area contributed by atoms with E-state index in [4.69, 9.17) is 11.6 Å². The first-order valence-corrected chi connectivity index (χ1v) is 8.37. The summed E-state index contributed by atoms with van der Waals surface area (Å²) in [4.78, 5) is 26.2. The van der Waals surface area contributed by atoms with Gasteiger partial charge >= 0.3 is 12.1 Å². The molecule has 132 valence electrons. The Hall–Kier alpha value is -1.41. The minimum absolute atomic E-state index is 0.0949. The van der Waals surface area contributed by atoms with Crippen molar-refractivity contribution in [1.82, 2.24) is 9.80 Å². The molecule has 4 nitrogen and oxygen atoms in total. The van der Waals surface area contributed by atoms with Crippen LogP contribution in [0.1, 0.15) is 16.5 Å². The van der Waals surface area contributed by atoms with E-state index in [9.17, 15) is 22.8 Å². The molecule has 1 unspecified atom stereocenters. The second-order valence-corrected chi connectivity index (χ2v) is 7.07. The number of fused-ring (bicyclic) bond motifs is 1. The molecule has 0 spiro atoms. The molecule has 1 aromatic carbocycles. The number of nitrogens with zero attached hydrogens (tertiary/aromatic N) is 2. The minimum Gasteiger partial charge on any atom is -0.339 e. The molecular formula is C15H16ClF3N2O2S. The van der Waals surface area contributed by atoms with Crippen molar-refractivity contribution in [3.05, 3.63) is 29.3 Å². The average Bonchev–Trinajstić information content (AvgIpc) is 2.66. The molecule has 1 aliphatic heterocycles. The molecule has 0 saturated carbocycles. The van der Waals surface area contributed by atoms with Crippen LogP contribution in [0.4, 0.5) is 18.0 Å². The third kappa shape index (κ3) is 4.16. The van der Waals surface area contributed by atoms with Crippen molar-refractivity contribution in [1.29, 1.82) is 0 Å². The van der Waals surface area contributed by atoms with Gasteiger partial charge in [0.15, 0.2) is 0 Å². The molecule has 1 atom stereocenters. The number of hydrogen-bond acceptors (Lipinski definition) is 3. The molecular weight excluding hydrogens is 365 g/mol. The summed E-state index contributed by atoms with van der Waals surface area (Å²) in [7, 11) is 3.23. The highest BCUT2D eigenvalue weighted by atomic mass is 35.5. The summed E-state index contributed by atoms with van der Waals surface area (Å²) in [5, 5.41) is -0.953. The molecule has 0 bridgehead atoms. The Labute approximate surface area is 146 Å². The molecule has 24 heavy (non-hydrogen) atoms. The lowest BCUT2D eigenvalue weighted by atomic mass is 10.0. The fourth-order valence-corrected chi connectivity index (χ4v) is 3.65. The van der Waals surface area contributed by atoms with Gasteiger partial charge in [-0.1, -0.05) is 12.1 Å². The third-order valence-electron chi connectivity index (χ3n) is 3.61. The number of thioether (sulfide) groups is 1. The standard InChI is InChI=1S/C15H16ClF3N2O2S/c1-20(2)14(23)24-12-5-3-4-9-10(12)6-7-21(8-11(9)16)13(22)15(17,18)19/h3-5,11H,6-8H2,1-2H3. The summed E-state index contributed by atoms with van der Waals surface area (Å²) in [6.07, 6.45) is -4.71. The number of carbonyl (C=O) groups excluding carboxylic acids is 2. The van der Waals surface area contributed by atoms with Crippen LogP contribution in [0.15, 0.2) is 23.1 Å². The van der Waals surface area contributed by atoms with E-state index >= 15 is 0 Å². The molecule has 0 fully saturated rings. The maximum absolute atomic E-state index is 12.7. The molecule has 2 rings (SSSR count). The van der Waals surface area contributed by atoms with E-state index in [2.05, 4.69) is 0 Å². The van der Waals surface area contributed by atoms with Gasteiger partial charge in [-0.2, -0.15) is 13.2 Å². The Bertz CT molecular complexity index is 652. The van der Waals surface area contributed by atoms with Crippen LogP contribution in [0.5, 0.6) is 0 Å². The van der Waals surface area contributed by atoms with Gasteiger partial charge in [0.2, 0.25) is 0 Å². The Kier molecular flexibility index (Phi) is 5.70. The van der Waals surface area contributed by atoms with E-state index in [-0.39, 0.29) is 24.7 Å². The van der Waals surface area contributed by atoms with Gasteiger partial charge in [0.25, 0.3) is 5.24 Å². The maximum atomic E-state index is 12.7.